The number of carbonyl (C=O) groups excluding carboxylic acids is 1. The van der Waals surface area contributed by atoms with E-state index < -0.39 is 6.10 Å². The van der Waals surface area contributed by atoms with E-state index in [-0.39, 0.29) is 23.7 Å². The second-order valence-corrected chi connectivity index (χ2v) is 5.34. The fourth-order valence-electron chi connectivity index (χ4n) is 2.66. The number of rotatable bonds is 5. The fourth-order valence-corrected chi connectivity index (χ4v) is 2.66. The van der Waals surface area contributed by atoms with E-state index in [0.717, 1.165) is 25.9 Å². The summed E-state index contributed by atoms with van der Waals surface area (Å²) in [5.74, 6) is -0.0753. The number of halogens is 1. The Balaban J connectivity index is 0.00000200. The predicted octanol–water partition coefficient (Wildman–Crippen LogP) is -0.0440. The molecule has 0 bridgehead atoms. The van der Waals surface area contributed by atoms with Crippen molar-refractivity contribution in [2.75, 3.05) is 53.2 Å². The summed E-state index contributed by atoms with van der Waals surface area (Å²) in [5.41, 5.74) is 0.0468. The number of hydrogen-bond donors (Lipinski definition) is 2. The first-order valence-corrected chi connectivity index (χ1v) is 6.92. The maximum atomic E-state index is 12.0. The van der Waals surface area contributed by atoms with E-state index in [1.54, 1.807) is 7.11 Å². The highest BCUT2D eigenvalue weighted by molar-refractivity contribution is 5.85. The van der Waals surface area contributed by atoms with Crippen molar-refractivity contribution in [3.63, 3.8) is 0 Å². The molecule has 0 aromatic heterocycles. The zero-order chi connectivity index (χ0) is 13.6. The van der Waals surface area contributed by atoms with Gasteiger partial charge in [0.15, 0.2) is 6.10 Å². The molecule has 6 nitrogen and oxygen atoms in total. The number of methoxy groups -OCH3 is 1. The number of hydrogen-bond acceptors (Lipinski definition) is 5. The van der Waals surface area contributed by atoms with Crippen LogP contribution in [0.15, 0.2) is 0 Å². The third-order valence-corrected chi connectivity index (χ3v) is 3.86. The van der Waals surface area contributed by atoms with Gasteiger partial charge in [-0.1, -0.05) is 0 Å². The Morgan fingerprint density at radius 2 is 2.15 bits per heavy atom. The van der Waals surface area contributed by atoms with Gasteiger partial charge in [0.25, 0.3) is 5.91 Å². The van der Waals surface area contributed by atoms with Gasteiger partial charge in [0.2, 0.25) is 0 Å². The van der Waals surface area contributed by atoms with Crippen LogP contribution in [0.3, 0.4) is 0 Å². The summed E-state index contributed by atoms with van der Waals surface area (Å²) in [6.45, 7) is 4.68. The Kier molecular flexibility index (Phi) is 7.76. The summed E-state index contributed by atoms with van der Waals surface area (Å²) in [7, 11) is 1.71. The molecule has 0 aromatic rings. The van der Waals surface area contributed by atoms with Crippen LogP contribution in [0.25, 0.3) is 0 Å². The summed E-state index contributed by atoms with van der Waals surface area (Å²) in [5, 5.41) is 6.33. The molecule has 0 saturated carbocycles. The largest absolute Gasteiger partial charge is 0.384 e. The predicted molar refractivity (Wildman–Crippen MR) is 77.2 cm³/mol. The zero-order valence-electron chi connectivity index (χ0n) is 12.0. The molecule has 0 aromatic carbocycles. The van der Waals surface area contributed by atoms with E-state index in [2.05, 4.69) is 10.6 Å². The van der Waals surface area contributed by atoms with E-state index in [4.69, 9.17) is 14.2 Å². The lowest BCUT2D eigenvalue weighted by Gasteiger charge is -2.37. The molecule has 1 amide bonds. The first-order chi connectivity index (χ1) is 9.26. The molecule has 2 N–H and O–H groups in total. The molecule has 0 aliphatic carbocycles. The number of piperidine rings is 1. The van der Waals surface area contributed by atoms with Crippen molar-refractivity contribution in [1.82, 2.24) is 10.6 Å². The minimum Gasteiger partial charge on any atom is -0.384 e. The summed E-state index contributed by atoms with van der Waals surface area (Å²) in [6.07, 6.45) is 1.57. The molecule has 1 unspecified atom stereocenters. The quantitative estimate of drug-likeness (QED) is 0.746. The van der Waals surface area contributed by atoms with Gasteiger partial charge in [-0.05, 0) is 25.9 Å². The normalized spacial score (nSPS) is 25.6. The van der Waals surface area contributed by atoms with Crippen molar-refractivity contribution in [3.05, 3.63) is 0 Å². The Labute approximate surface area is 126 Å². The first-order valence-electron chi connectivity index (χ1n) is 6.92. The van der Waals surface area contributed by atoms with Gasteiger partial charge in [0, 0.05) is 19.1 Å². The number of nitrogens with one attached hydrogen (secondary N) is 2. The zero-order valence-corrected chi connectivity index (χ0v) is 12.8. The molecule has 2 fully saturated rings. The van der Waals surface area contributed by atoms with E-state index >= 15 is 0 Å². The molecule has 2 aliphatic rings. The van der Waals surface area contributed by atoms with Crippen molar-refractivity contribution >= 4 is 18.3 Å². The average Bonchev–Trinajstić information content (AvgIpc) is 2.47. The van der Waals surface area contributed by atoms with Gasteiger partial charge in [-0.25, -0.2) is 0 Å². The number of carbonyl (C=O) groups is 1. The minimum absolute atomic E-state index is 0. The van der Waals surface area contributed by atoms with E-state index in [9.17, 15) is 4.79 Å². The standard InChI is InChI=1S/C13H24N2O4.ClH/c1-17-10-13(2-4-14-5-3-13)9-15-12(16)11-8-18-6-7-19-11;/h11,14H,2-10H2,1H3,(H,15,16);1H. The van der Waals surface area contributed by atoms with Crippen LogP contribution in [0.1, 0.15) is 12.8 Å². The minimum atomic E-state index is -0.463. The maximum absolute atomic E-state index is 12.0. The lowest BCUT2D eigenvalue weighted by atomic mass is 9.79. The van der Waals surface area contributed by atoms with Gasteiger partial charge < -0.3 is 24.8 Å². The molecular weight excluding hydrogens is 284 g/mol. The topological polar surface area (TPSA) is 68.8 Å². The Bertz CT molecular complexity index is 287. The van der Waals surface area contributed by atoms with Crippen molar-refractivity contribution in [1.29, 1.82) is 0 Å². The van der Waals surface area contributed by atoms with Crippen molar-refractivity contribution in [2.24, 2.45) is 5.41 Å². The van der Waals surface area contributed by atoms with E-state index in [1.165, 1.54) is 0 Å². The Hall–Kier alpha value is -0.400. The molecule has 2 aliphatic heterocycles. The summed E-state index contributed by atoms with van der Waals surface area (Å²) < 4.78 is 16.0. The van der Waals surface area contributed by atoms with Crippen molar-refractivity contribution in [2.45, 2.75) is 18.9 Å². The van der Waals surface area contributed by atoms with Crippen LogP contribution in [0.5, 0.6) is 0 Å². The Morgan fingerprint density at radius 3 is 2.75 bits per heavy atom. The summed E-state index contributed by atoms with van der Waals surface area (Å²) >= 11 is 0. The van der Waals surface area contributed by atoms with Crippen molar-refractivity contribution in [3.8, 4) is 0 Å². The monoisotopic (exact) mass is 308 g/mol. The number of ether oxygens (including phenoxy) is 3. The first kappa shape index (κ1) is 17.7. The van der Waals surface area contributed by atoms with Gasteiger partial charge in [0.1, 0.15) is 0 Å². The third kappa shape index (κ3) is 4.86. The lowest BCUT2D eigenvalue weighted by molar-refractivity contribution is -0.148. The highest BCUT2D eigenvalue weighted by Crippen LogP contribution is 2.28. The van der Waals surface area contributed by atoms with Crippen molar-refractivity contribution < 1.29 is 19.0 Å². The van der Waals surface area contributed by atoms with Gasteiger partial charge >= 0.3 is 0 Å². The lowest BCUT2D eigenvalue weighted by Crippen LogP contribution is -2.50. The molecule has 7 heteroatoms. The fraction of sp³-hybridized carbons (Fsp3) is 0.923. The second-order valence-electron chi connectivity index (χ2n) is 5.34. The summed E-state index contributed by atoms with van der Waals surface area (Å²) in [6, 6.07) is 0. The molecule has 0 radical (unpaired) electrons. The molecule has 2 heterocycles. The van der Waals surface area contributed by atoms with E-state index in [0.29, 0.717) is 33.0 Å². The maximum Gasteiger partial charge on any atom is 0.251 e. The van der Waals surface area contributed by atoms with Gasteiger partial charge in [-0.15, -0.1) is 12.4 Å². The average molecular weight is 309 g/mol. The second kappa shape index (κ2) is 8.79. The molecule has 2 saturated heterocycles. The molecule has 20 heavy (non-hydrogen) atoms. The smallest absolute Gasteiger partial charge is 0.251 e. The molecule has 1 atom stereocenters. The molecule has 2 rings (SSSR count). The van der Waals surface area contributed by atoms with Crippen LogP contribution in [0.4, 0.5) is 0 Å². The van der Waals surface area contributed by atoms with Gasteiger partial charge in [-0.2, -0.15) is 0 Å². The van der Waals surface area contributed by atoms with Crippen LogP contribution >= 0.6 is 12.4 Å². The molecule has 118 valence electrons. The number of amides is 1. The van der Waals surface area contributed by atoms with Crippen LogP contribution < -0.4 is 10.6 Å². The highest BCUT2D eigenvalue weighted by Gasteiger charge is 2.33. The molecule has 0 spiro atoms. The van der Waals surface area contributed by atoms with Crippen LogP contribution in [-0.2, 0) is 19.0 Å². The highest BCUT2D eigenvalue weighted by atomic mass is 35.5. The third-order valence-electron chi connectivity index (χ3n) is 3.86. The van der Waals surface area contributed by atoms with Gasteiger partial charge in [0.05, 0.1) is 26.4 Å². The van der Waals surface area contributed by atoms with Crippen LogP contribution in [-0.4, -0.2) is 65.2 Å². The van der Waals surface area contributed by atoms with Crippen LogP contribution in [0.2, 0.25) is 0 Å². The summed E-state index contributed by atoms with van der Waals surface area (Å²) in [4.78, 5) is 12.0. The molecular formula is C13H25ClN2O4. The van der Waals surface area contributed by atoms with Crippen LogP contribution in [0, 0.1) is 5.41 Å². The Morgan fingerprint density at radius 1 is 1.40 bits per heavy atom. The van der Waals surface area contributed by atoms with Gasteiger partial charge in [-0.3, -0.25) is 4.79 Å². The van der Waals surface area contributed by atoms with E-state index in [1.807, 2.05) is 0 Å². The SMILES string of the molecule is COCC1(CNC(=O)C2COCCO2)CCNCC1.Cl.